The number of hydrogen-bond donors (Lipinski definition) is 1. The zero-order valence-electron chi connectivity index (χ0n) is 11.1. The largest absolute Gasteiger partial charge is 0.432 e. The molecule has 0 aliphatic rings. The Balaban J connectivity index is 2.66. The van der Waals surface area contributed by atoms with Crippen molar-refractivity contribution in [1.82, 2.24) is 4.98 Å². The van der Waals surface area contributed by atoms with Crippen LogP contribution in [-0.4, -0.2) is 17.2 Å². The molecule has 1 unspecified atom stereocenters. The molecule has 0 aliphatic carbocycles. The Bertz CT molecular complexity index is 638. The normalized spacial score (nSPS) is 13.4. The Morgan fingerprint density at radius 2 is 2.11 bits per heavy atom. The van der Waals surface area contributed by atoms with E-state index in [2.05, 4.69) is 4.98 Å². The van der Waals surface area contributed by atoms with Crippen LogP contribution in [0, 0.1) is 5.41 Å². The predicted octanol–water partition coefficient (Wildman–Crippen LogP) is 2.26. The number of rotatable bonds is 3. The number of fused-ring (bicyclic) bond motifs is 1. The van der Waals surface area contributed by atoms with Crippen LogP contribution in [0.2, 0.25) is 0 Å². The van der Waals surface area contributed by atoms with Gasteiger partial charge in [-0.1, -0.05) is 32.9 Å². The molecule has 0 radical (unpaired) electrons. The summed E-state index contributed by atoms with van der Waals surface area (Å²) >= 11 is 0. The number of hydrogen-bond acceptors (Lipinski definition) is 4. The van der Waals surface area contributed by atoms with Gasteiger partial charge in [0, 0.05) is 5.92 Å². The maximum absolute atomic E-state index is 11.4. The highest BCUT2D eigenvalue weighted by Crippen LogP contribution is 2.36. The van der Waals surface area contributed by atoms with E-state index in [0.717, 1.165) is 11.8 Å². The van der Waals surface area contributed by atoms with Gasteiger partial charge in [0.2, 0.25) is 0 Å². The molecule has 0 bridgehead atoms. The summed E-state index contributed by atoms with van der Waals surface area (Å²) in [5, 5.41) is 0. The minimum atomic E-state index is -0.722. The molecule has 100 valence electrons. The standard InChI is InChI=1S/C14H16N2O3/c1-14(2,3)9(7-17)8-5-4-6-10-11(8)16-13(19-10)12(15)18/h4-7,9H,1-3H3,(H2,15,18). The van der Waals surface area contributed by atoms with Crippen molar-refractivity contribution in [2.24, 2.45) is 11.1 Å². The van der Waals surface area contributed by atoms with Crippen LogP contribution in [0.25, 0.3) is 11.1 Å². The minimum absolute atomic E-state index is 0.138. The third kappa shape index (κ3) is 2.36. The molecule has 1 aromatic heterocycles. The number of aromatic nitrogens is 1. The van der Waals surface area contributed by atoms with Crippen LogP contribution < -0.4 is 5.73 Å². The van der Waals surface area contributed by atoms with E-state index < -0.39 is 5.91 Å². The third-order valence-corrected chi connectivity index (χ3v) is 3.07. The van der Waals surface area contributed by atoms with Crippen LogP contribution >= 0.6 is 0 Å². The molecule has 0 spiro atoms. The van der Waals surface area contributed by atoms with E-state index in [1.807, 2.05) is 26.8 Å². The van der Waals surface area contributed by atoms with Crippen molar-refractivity contribution in [2.75, 3.05) is 0 Å². The number of para-hydroxylation sites is 1. The van der Waals surface area contributed by atoms with Crippen molar-refractivity contribution in [2.45, 2.75) is 26.7 Å². The maximum Gasteiger partial charge on any atom is 0.304 e. The van der Waals surface area contributed by atoms with Gasteiger partial charge in [0.15, 0.2) is 5.58 Å². The molecule has 1 atom stereocenters. The molecule has 0 fully saturated rings. The molecule has 1 amide bonds. The topological polar surface area (TPSA) is 86.2 Å². The molecule has 0 saturated heterocycles. The van der Waals surface area contributed by atoms with Gasteiger partial charge in [-0.3, -0.25) is 4.79 Å². The lowest BCUT2D eigenvalue weighted by molar-refractivity contribution is -0.110. The first-order valence-electron chi connectivity index (χ1n) is 5.99. The van der Waals surface area contributed by atoms with Crippen LogP contribution in [0.15, 0.2) is 22.6 Å². The Labute approximate surface area is 110 Å². The highest BCUT2D eigenvalue weighted by molar-refractivity contribution is 5.92. The van der Waals surface area contributed by atoms with Crippen molar-refractivity contribution in [3.63, 3.8) is 0 Å². The first-order valence-corrected chi connectivity index (χ1v) is 5.99. The van der Waals surface area contributed by atoms with E-state index >= 15 is 0 Å². The third-order valence-electron chi connectivity index (χ3n) is 3.07. The average Bonchev–Trinajstić information content (AvgIpc) is 2.72. The van der Waals surface area contributed by atoms with E-state index in [0.29, 0.717) is 11.1 Å². The van der Waals surface area contributed by atoms with Crippen molar-refractivity contribution >= 4 is 23.3 Å². The number of primary amides is 1. The van der Waals surface area contributed by atoms with Crippen molar-refractivity contribution < 1.29 is 14.0 Å². The van der Waals surface area contributed by atoms with E-state index in [1.165, 1.54) is 0 Å². The van der Waals surface area contributed by atoms with Gasteiger partial charge in [0.05, 0.1) is 0 Å². The molecule has 2 aromatic rings. The van der Waals surface area contributed by atoms with Gasteiger partial charge >= 0.3 is 5.91 Å². The summed E-state index contributed by atoms with van der Waals surface area (Å²) in [5.41, 5.74) is 6.63. The van der Waals surface area contributed by atoms with Crippen molar-refractivity contribution in [1.29, 1.82) is 0 Å². The average molecular weight is 260 g/mol. The molecule has 19 heavy (non-hydrogen) atoms. The van der Waals surface area contributed by atoms with Crippen LogP contribution in [0.1, 0.15) is 42.9 Å². The zero-order chi connectivity index (χ0) is 14.2. The number of aldehydes is 1. The summed E-state index contributed by atoms with van der Waals surface area (Å²) in [4.78, 5) is 26.6. The van der Waals surface area contributed by atoms with Crippen molar-refractivity contribution in [3.8, 4) is 0 Å². The summed E-state index contributed by atoms with van der Waals surface area (Å²) in [5.74, 6) is -1.19. The van der Waals surface area contributed by atoms with E-state index in [9.17, 15) is 9.59 Å². The summed E-state index contributed by atoms with van der Waals surface area (Å²) in [6.07, 6.45) is 0.896. The Kier molecular flexibility index (Phi) is 3.14. The Hall–Kier alpha value is -2.17. The molecule has 5 nitrogen and oxygen atoms in total. The zero-order valence-corrected chi connectivity index (χ0v) is 11.1. The number of carbonyl (C=O) groups excluding carboxylic acids is 2. The van der Waals surface area contributed by atoms with Gasteiger partial charge in [-0.15, -0.1) is 0 Å². The van der Waals surface area contributed by atoms with Crippen LogP contribution in [0.4, 0.5) is 0 Å². The number of oxazole rings is 1. The van der Waals surface area contributed by atoms with Crippen molar-refractivity contribution in [3.05, 3.63) is 29.7 Å². The fourth-order valence-electron chi connectivity index (χ4n) is 2.07. The molecule has 5 heteroatoms. The molecule has 1 aromatic carbocycles. The monoisotopic (exact) mass is 260 g/mol. The summed E-state index contributed by atoms with van der Waals surface area (Å²) in [6.45, 7) is 5.92. The Morgan fingerprint density at radius 3 is 2.63 bits per heavy atom. The predicted molar refractivity (Wildman–Crippen MR) is 70.8 cm³/mol. The number of benzene rings is 1. The van der Waals surface area contributed by atoms with Crippen LogP contribution in [-0.2, 0) is 4.79 Å². The second-order valence-electron chi connectivity index (χ2n) is 5.56. The lowest BCUT2D eigenvalue weighted by Crippen LogP contribution is -2.20. The van der Waals surface area contributed by atoms with Crippen LogP contribution in [0.5, 0.6) is 0 Å². The molecule has 2 N–H and O–H groups in total. The lowest BCUT2D eigenvalue weighted by atomic mass is 9.77. The maximum atomic E-state index is 11.4. The summed E-state index contributed by atoms with van der Waals surface area (Å²) in [6, 6.07) is 5.29. The second kappa shape index (κ2) is 4.50. The smallest absolute Gasteiger partial charge is 0.304 e. The number of amides is 1. The number of nitrogens with two attached hydrogens (primary N) is 1. The molecular formula is C14H16N2O3. The molecule has 2 rings (SSSR count). The quantitative estimate of drug-likeness (QED) is 0.857. The van der Waals surface area contributed by atoms with Gasteiger partial charge in [-0.2, -0.15) is 0 Å². The summed E-state index contributed by atoms with van der Waals surface area (Å²) < 4.78 is 5.28. The Morgan fingerprint density at radius 1 is 1.42 bits per heavy atom. The van der Waals surface area contributed by atoms with E-state index in [1.54, 1.807) is 12.1 Å². The molecule has 1 heterocycles. The highest BCUT2D eigenvalue weighted by atomic mass is 16.4. The second-order valence-corrected chi connectivity index (χ2v) is 5.56. The number of nitrogens with zero attached hydrogens (tertiary/aromatic N) is 1. The first kappa shape index (κ1) is 13.3. The van der Waals surface area contributed by atoms with Gasteiger partial charge in [-0.25, -0.2) is 4.98 Å². The van der Waals surface area contributed by atoms with E-state index in [4.69, 9.17) is 10.2 Å². The van der Waals surface area contributed by atoms with Gasteiger partial charge in [0.1, 0.15) is 11.8 Å². The fraction of sp³-hybridized carbons (Fsp3) is 0.357. The highest BCUT2D eigenvalue weighted by Gasteiger charge is 2.28. The van der Waals surface area contributed by atoms with Gasteiger partial charge < -0.3 is 14.9 Å². The van der Waals surface area contributed by atoms with Gasteiger partial charge in [0.25, 0.3) is 5.89 Å². The fourth-order valence-corrected chi connectivity index (χ4v) is 2.07. The molecular weight excluding hydrogens is 244 g/mol. The molecule has 0 saturated carbocycles. The van der Waals surface area contributed by atoms with Crippen LogP contribution in [0.3, 0.4) is 0 Å². The summed E-state index contributed by atoms with van der Waals surface area (Å²) in [7, 11) is 0. The molecule has 0 aliphatic heterocycles. The SMILES string of the molecule is CC(C)(C)C(C=O)c1cccc2oc(C(N)=O)nc12. The lowest BCUT2D eigenvalue weighted by Gasteiger charge is -2.26. The minimum Gasteiger partial charge on any atom is -0.432 e. The number of carbonyl (C=O) groups is 2. The van der Waals surface area contributed by atoms with Gasteiger partial charge in [-0.05, 0) is 17.0 Å². The first-order chi connectivity index (χ1) is 8.84. The van der Waals surface area contributed by atoms with E-state index in [-0.39, 0.29) is 17.2 Å².